The molecule has 138 valence electrons. The number of nitrogens with one attached hydrogen (secondary N) is 2. The number of likely N-dealkylation sites (tertiary alicyclic amines) is 1. The number of hydrogen-bond acceptors (Lipinski definition) is 4. The molecule has 26 heavy (non-hydrogen) atoms. The molecule has 2 aromatic rings. The Labute approximate surface area is 149 Å². The van der Waals surface area contributed by atoms with Gasteiger partial charge >= 0.3 is 0 Å². The molecule has 2 aliphatic rings. The SMILES string of the molecule is O=C(NC[C@@H]1CCN(C(=O)C2CC(O)C2)C1)c1cc(F)cc2[nH]cnc12. The van der Waals surface area contributed by atoms with Crippen LogP contribution < -0.4 is 5.32 Å². The molecule has 0 unspecified atom stereocenters. The van der Waals surface area contributed by atoms with Crippen LogP contribution >= 0.6 is 0 Å². The molecule has 1 saturated heterocycles. The van der Waals surface area contributed by atoms with Gasteiger partial charge in [-0.25, -0.2) is 9.37 Å². The molecule has 1 atom stereocenters. The van der Waals surface area contributed by atoms with Gasteiger partial charge in [-0.3, -0.25) is 9.59 Å². The molecule has 8 heteroatoms. The van der Waals surface area contributed by atoms with Crippen molar-refractivity contribution in [2.24, 2.45) is 11.8 Å². The lowest BCUT2D eigenvalue weighted by Gasteiger charge is -2.33. The number of H-pyrrole nitrogens is 1. The molecule has 2 heterocycles. The first-order chi connectivity index (χ1) is 12.5. The van der Waals surface area contributed by atoms with Crippen LogP contribution in [0, 0.1) is 17.7 Å². The molecule has 0 spiro atoms. The van der Waals surface area contributed by atoms with E-state index in [0.29, 0.717) is 43.5 Å². The molecule has 4 rings (SSSR count). The lowest BCUT2D eigenvalue weighted by atomic mass is 9.81. The first-order valence-electron chi connectivity index (χ1n) is 8.89. The Morgan fingerprint density at radius 2 is 2.19 bits per heavy atom. The summed E-state index contributed by atoms with van der Waals surface area (Å²) < 4.78 is 13.7. The first-order valence-corrected chi connectivity index (χ1v) is 8.89. The van der Waals surface area contributed by atoms with Crippen molar-refractivity contribution in [3.8, 4) is 0 Å². The zero-order valence-corrected chi connectivity index (χ0v) is 14.2. The lowest BCUT2D eigenvalue weighted by molar-refractivity contribution is -0.141. The number of aliphatic hydroxyl groups excluding tert-OH is 1. The number of aromatic amines is 1. The third kappa shape index (κ3) is 3.16. The number of rotatable bonds is 4. The summed E-state index contributed by atoms with van der Waals surface area (Å²) in [4.78, 5) is 33.5. The van der Waals surface area contributed by atoms with Gasteiger partial charge in [0.1, 0.15) is 11.3 Å². The summed E-state index contributed by atoms with van der Waals surface area (Å²) in [5.41, 5.74) is 1.13. The zero-order valence-electron chi connectivity index (χ0n) is 14.2. The molecular weight excluding hydrogens is 339 g/mol. The smallest absolute Gasteiger partial charge is 0.253 e. The van der Waals surface area contributed by atoms with E-state index >= 15 is 0 Å². The molecule has 1 aromatic carbocycles. The highest BCUT2D eigenvalue weighted by molar-refractivity contribution is 6.04. The highest BCUT2D eigenvalue weighted by Gasteiger charge is 2.38. The number of carbonyl (C=O) groups excluding carboxylic acids is 2. The highest BCUT2D eigenvalue weighted by Crippen LogP contribution is 2.30. The van der Waals surface area contributed by atoms with E-state index in [1.54, 1.807) is 0 Å². The van der Waals surface area contributed by atoms with Gasteiger partial charge < -0.3 is 20.3 Å². The summed E-state index contributed by atoms with van der Waals surface area (Å²) >= 11 is 0. The van der Waals surface area contributed by atoms with Crippen LogP contribution in [0.4, 0.5) is 4.39 Å². The van der Waals surface area contributed by atoms with Gasteiger partial charge in [0.15, 0.2) is 0 Å². The number of hydrogen-bond donors (Lipinski definition) is 3. The Balaban J connectivity index is 1.33. The van der Waals surface area contributed by atoms with Crippen molar-refractivity contribution in [3.05, 3.63) is 29.8 Å². The summed E-state index contributed by atoms with van der Waals surface area (Å²) in [6.07, 6.45) is 3.01. The Bertz CT molecular complexity index is 846. The largest absolute Gasteiger partial charge is 0.393 e. The minimum Gasteiger partial charge on any atom is -0.393 e. The van der Waals surface area contributed by atoms with Gasteiger partial charge in [0.25, 0.3) is 5.91 Å². The van der Waals surface area contributed by atoms with E-state index in [-0.39, 0.29) is 35.3 Å². The van der Waals surface area contributed by atoms with Crippen LogP contribution in [-0.4, -0.2) is 57.5 Å². The standard InChI is InChI=1S/C18H21FN4O3/c19-12-5-14(16-15(6-12)21-9-22-16)17(25)20-7-10-1-2-23(8-10)18(26)11-3-13(24)4-11/h5-6,9-11,13,24H,1-4,7-8H2,(H,20,25)(H,21,22)/t10-,11?,13?/m0/s1. The summed E-state index contributed by atoms with van der Waals surface area (Å²) in [7, 11) is 0. The molecule has 2 amide bonds. The molecule has 1 aliphatic heterocycles. The van der Waals surface area contributed by atoms with Gasteiger partial charge in [-0.05, 0) is 37.3 Å². The van der Waals surface area contributed by atoms with E-state index in [1.165, 1.54) is 18.5 Å². The fraction of sp³-hybridized carbons (Fsp3) is 0.500. The second kappa shape index (κ2) is 6.68. The fourth-order valence-corrected chi connectivity index (χ4v) is 3.77. The average molecular weight is 360 g/mol. The predicted octanol–water partition coefficient (Wildman–Crippen LogP) is 1.05. The second-order valence-corrected chi connectivity index (χ2v) is 7.22. The van der Waals surface area contributed by atoms with Crippen LogP contribution in [0.15, 0.2) is 18.5 Å². The molecular formula is C18H21FN4O3. The van der Waals surface area contributed by atoms with Crippen molar-refractivity contribution in [3.63, 3.8) is 0 Å². The molecule has 0 bridgehead atoms. The summed E-state index contributed by atoms with van der Waals surface area (Å²) in [5.74, 6) is -0.636. The van der Waals surface area contributed by atoms with Crippen LogP contribution in [0.25, 0.3) is 11.0 Å². The van der Waals surface area contributed by atoms with Gasteiger partial charge in [0.2, 0.25) is 5.91 Å². The third-order valence-corrected chi connectivity index (χ3v) is 5.34. The van der Waals surface area contributed by atoms with Crippen LogP contribution in [0.2, 0.25) is 0 Å². The summed E-state index contributed by atoms with van der Waals surface area (Å²) in [6, 6.07) is 2.49. The van der Waals surface area contributed by atoms with Crippen LogP contribution in [0.3, 0.4) is 0 Å². The van der Waals surface area contributed by atoms with Crippen molar-refractivity contribution in [1.29, 1.82) is 0 Å². The van der Waals surface area contributed by atoms with Gasteiger partial charge in [0, 0.05) is 25.6 Å². The average Bonchev–Trinajstić information content (AvgIpc) is 3.24. The number of carbonyl (C=O) groups is 2. The summed E-state index contributed by atoms with van der Waals surface area (Å²) in [5, 5.41) is 12.2. The van der Waals surface area contributed by atoms with Crippen LogP contribution in [-0.2, 0) is 4.79 Å². The van der Waals surface area contributed by atoms with Crippen molar-refractivity contribution in [2.45, 2.75) is 25.4 Å². The number of benzene rings is 1. The molecule has 1 saturated carbocycles. The van der Waals surface area contributed by atoms with Crippen molar-refractivity contribution >= 4 is 22.8 Å². The molecule has 3 N–H and O–H groups in total. The van der Waals surface area contributed by atoms with E-state index < -0.39 is 5.82 Å². The van der Waals surface area contributed by atoms with Crippen molar-refractivity contribution in [1.82, 2.24) is 20.2 Å². The Hall–Kier alpha value is -2.48. The van der Waals surface area contributed by atoms with E-state index in [9.17, 15) is 19.1 Å². The van der Waals surface area contributed by atoms with Gasteiger partial charge in [-0.2, -0.15) is 0 Å². The third-order valence-electron chi connectivity index (χ3n) is 5.34. The van der Waals surface area contributed by atoms with Crippen molar-refractivity contribution < 1.29 is 19.1 Å². The Morgan fingerprint density at radius 1 is 1.38 bits per heavy atom. The molecule has 7 nitrogen and oxygen atoms in total. The van der Waals surface area contributed by atoms with Crippen LogP contribution in [0.5, 0.6) is 0 Å². The van der Waals surface area contributed by atoms with E-state index in [0.717, 1.165) is 6.42 Å². The first kappa shape index (κ1) is 17.0. The van der Waals surface area contributed by atoms with Crippen molar-refractivity contribution in [2.75, 3.05) is 19.6 Å². The number of imidazole rings is 1. The van der Waals surface area contributed by atoms with E-state index in [4.69, 9.17) is 0 Å². The Kier molecular flexibility index (Phi) is 4.36. The lowest BCUT2D eigenvalue weighted by Crippen LogP contribution is -2.43. The van der Waals surface area contributed by atoms with E-state index in [2.05, 4.69) is 15.3 Å². The highest BCUT2D eigenvalue weighted by atomic mass is 19.1. The maximum absolute atomic E-state index is 13.7. The minimum atomic E-state index is -0.493. The fourth-order valence-electron chi connectivity index (χ4n) is 3.77. The quantitative estimate of drug-likeness (QED) is 0.759. The maximum atomic E-state index is 13.7. The molecule has 2 fully saturated rings. The Morgan fingerprint density at radius 3 is 2.96 bits per heavy atom. The normalized spacial score (nSPS) is 25.3. The number of fused-ring (bicyclic) bond motifs is 1. The topological polar surface area (TPSA) is 98.3 Å². The number of amides is 2. The predicted molar refractivity (Wildman–Crippen MR) is 91.8 cm³/mol. The summed E-state index contributed by atoms with van der Waals surface area (Å²) in [6.45, 7) is 1.71. The second-order valence-electron chi connectivity index (χ2n) is 7.22. The monoisotopic (exact) mass is 360 g/mol. The zero-order chi connectivity index (χ0) is 18.3. The maximum Gasteiger partial charge on any atom is 0.253 e. The van der Waals surface area contributed by atoms with Crippen LogP contribution in [0.1, 0.15) is 29.6 Å². The number of aromatic nitrogens is 2. The van der Waals surface area contributed by atoms with Gasteiger partial charge in [0.05, 0.1) is 23.5 Å². The van der Waals surface area contributed by atoms with Gasteiger partial charge in [-0.15, -0.1) is 0 Å². The molecule has 1 aromatic heterocycles. The molecule has 0 radical (unpaired) electrons. The number of aliphatic hydroxyl groups is 1. The minimum absolute atomic E-state index is 0.0569. The van der Waals surface area contributed by atoms with E-state index in [1.807, 2.05) is 4.90 Å². The van der Waals surface area contributed by atoms with Gasteiger partial charge in [-0.1, -0.05) is 0 Å². The molecule has 1 aliphatic carbocycles. The number of halogens is 1. The number of nitrogens with zero attached hydrogens (tertiary/aromatic N) is 2.